The molecule has 3 aromatic rings. The number of aromatic nitrogens is 4. The molecule has 0 spiro atoms. The number of nitriles is 1. The zero-order chi connectivity index (χ0) is 15.7. The average molecular weight is 295 g/mol. The fourth-order valence-corrected chi connectivity index (χ4v) is 2.08. The van der Waals surface area contributed by atoms with E-state index < -0.39 is 0 Å². The highest BCUT2D eigenvalue weighted by Crippen LogP contribution is 2.25. The van der Waals surface area contributed by atoms with Crippen molar-refractivity contribution < 1.29 is 4.74 Å². The lowest BCUT2D eigenvalue weighted by molar-refractivity contribution is 0.242. The number of nitrogens with zero attached hydrogens (tertiary/aromatic N) is 3. The zero-order valence-electron chi connectivity index (χ0n) is 12.0. The molecule has 1 aromatic carbocycles. The van der Waals surface area contributed by atoms with Crippen LogP contribution >= 0.6 is 0 Å². The van der Waals surface area contributed by atoms with E-state index in [-0.39, 0.29) is 11.7 Å². The summed E-state index contributed by atoms with van der Waals surface area (Å²) in [4.78, 5) is 19.9. The molecule has 0 bridgehead atoms. The Morgan fingerprint density at radius 1 is 1.32 bits per heavy atom. The van der Waals surface area contributed by atoms with Crippen molar-refractivity contribution in [1.82, 2.24) is 20.2 Å². The van der Waals surface area contributed by atoms with Crippen LogP contribution in [0.3, 0.4) is 0 Å². The first-order chi connectivity index (χ1) is 10.6. The summed E-state index contributed by atoms with van der Waals surface area (Å²) in [6.45, 7) is 3.79. The maximum atomic E-state index is 11.4. The van der Waals surface area contributed by atoms with Crippen LogP contribution in [0.1, 0.15) is 19.4 Å². The van der Waals surface area contributed by atoms with Gasteiger partial charge >= 0.3 is 0 Å². The smallest absolute Gasteiger partial charge is 0.275 e. The summed E-state index contributed by atoms with van der Waals surface area (Å²) in [5, 5.41) is 14.8. The molecule has 0 aliphatic carbocycles. The third kappa shape index (κ3) is 2.42. The highest BCUT2D eigenvalue weighted by atomic mass is 16.5. The minimum Gasteiger partial charge on any atom is -0.490 e. The number of fused-ring (bicyclic) bond motifs is 1. The van der Waals surface area contributed by atoms with E-state index in [1.165, 1.54) is 6.20 Å². The number of ether oxygens (including phenoxy) is 1. The Hall–Kier alpha value is -3.14. The Bertz CT molecular complexity index is 933. The fourth-order valence-electron chi connectivity index (χ4n) is 2.08. The SMILES string of the molecule is CC(C)Oc1ccc(-c2ncc3c(=O)[nH][nH]c3n2)cc1C#N. The van der Waals surface area contributed by atoms with Crippen molar-refractivity contribution in [2.75, 3.05) is 0 Å². The molecule has 0 aliphatic heterocycles. The monoisotopic (exact) mass is 295 g/mol. The first-order valence-corrected chi connectivity index (χ1v) is 6.73. The molecule has 110 valence electrons. The second-order valence-electron chi connectivity index (χ2n) is 5.02. The van der Waals surface area contributed by atoms with Crippen LogP contribution in [0.25, 0.3) is 22.4 Å². The molecule has 0 saturated heterocycles. The summed E-state index contributed by atoms with van der Waals surface area (Å²) < 4.78 is 5.58. The average Bonchev–Trinajstić information content (AvgIpc) is 2.88. The van der Waals surface area contributed by atoms with Crippen molar-refractivity contribution in [2.24, 2.45) is 0 Å². The van der Waals surface area contributed by atoms with E-state index in [4.69, 9.17) is 4.74 Å². The molecule has 0 radical (unpaired) electrons. The summed E-state index contributed by atoms with van der Waals surface area (Å²) in [6, 6.07) is 7.28. The van der Waals surface area contributed by atoms with Crippen LogP contribution in [0.2, 0.25) is 0 Å². The molecule has 7 nitrogen and oxygen atoms in total. The predicted octanol–water partition coefficient (Wildman–Crippen LogP) is 1.97. The first kappa shape index (κ1) is 13.8. The molecule has 0 amide bonds. The van der Waals surface area contributed by atoms with Gasteiger partial charge in [-0.3, -0.25) is 15.0 Å². The number of rotatable bonds is 3. The van der Waals surface area contributed by atoms with Crippen molar-refractivity contribution in [2.45, 2.75) is 20.0 Å². The molecule has 0 aliphatic rings. The van der Waals surface area contributed by atoms with Crippen LogP contribution in [0.5, 0.6) is 5.75 Å². The van der Waals surface area contributed by atoms with Gasteiger partial charge in [-0.05, 0) is 32.0 Å². The maximum absolute atomic E-state index is 11.4. The lowest BCUT2D eigenvalue weighted by atomic mass is 10.1. The largest absolute Gasteiger partial charge is 0.490 e. The van der Waals surface area contributed by atoms with E-state index in [9.17, 15) is 10.1 Å². The van der Waals surface area contributed by atoms with Gasteiger partial charge < -0.3 is 4.74 Å². The molecular weight excluding hydrogens is 282 g/mol. The van der Waals surface area contributed by atoms with E-state index in [0.717, 1.165) is 0 Å². The Morgan fingerprint density at radius 2 is 2.14 bits per heavy atom. The van der Waals surface area contributed by atoms with Crippen molar-refractivity contribution in [3.8, 4) is 23.2 Å². The number of H-pyrrole nitrogens is 2. The number of hydrogen-bond donors (Lipinski definition) is 2. The molecule has 0 fully saturated rings. The second kappa shape index (κ2) is 5.33. The van der Waals surface area contributed by atoms with Gasteiger partial charge in [-0.25, -0.2) is 9.97 Å². The normalized spacial score (nSPS) is 10.8. The minimum atomic E-state index is -0.264. The highest BCUT2D eigenvalue weighted by Gasteiger charge is 2.11. The Balaban J connectivity index is 2.06. The number of hydrogen-bond acceptors (Lipinski definition) is 5. The molecule has 22 heavy (non-hydrogen) atoms. The summed E-state index contributed by atoms with van der Waals surface area (Å²) in [6.07, 6.45) is 1.44. The van der Waals surface area contributed by atoms with Crippen LogP contribution in [0, 0.1) is 11.3 Å². The van der Waals surface area contributed by atoms with E-state index in [2.05, 4.69) is 26.2 Å². The Kier molecular flexibility index (Phi) is 3.35. The highest BCUT2D eigenvalue weighted by molar-refractivity contribution is 5.75. The number of nitrogens with one attached hydrogen (secondary N) is 2. The lowest BCUT2D eigenvalue weighted by Gasteiger charge is -2.11. The van der Waals surface area contributed by atoms with Gasteiger partial charge in [-0.15, -0.1) is 0 Å². The minimum absolute atomic E-state index is 0.0181. The predicted molar refractivity (Wildman–Crippen MR) is 80.4 cm³/mol. The first-order valence-electron chi connectivity index (χ1n) is 6.73. The molecule has 0 saturated carbocycles. The van der Waals surface area contributed by atoms with Crippen molar-refractivity contribution in [3.63, 3.8) is 0 Å². The van der Waals surface area contributed by atoms with Gasteiger partial charge in [0.25, 0.3) is 5.56 Å². The van der Waals surface area contributed by atoms with Crippen LogP contribution in [0.15, 0.2) is 29.2 Å². The Morgan fingerprint density at radius 3 is 2.86 bits per heavy atom. The molecule has 2 N–H and O–H groups in total. The van der Waals surface area contributed by atoms with Crippen molar-refractivity contribution in [3.05, 3.63) is 40.3 Å². The number of benzene rings is 1. The second-order valence-corrected chi connectivity index (χ2v) is 5.02. The quantitative estimate of drug-likeness (QED) is 0.768. The molecule has 0 atom stereocenters. The van der Waals surface area contributed by atoms with Crippen LogP contribution in [-0.2, 0) is 0 Å². The van der Waals surface area contributed by atoms with Gasteiger partial charge in [0.1, 0.15) is 17.2 Å². The van der Waals surface area contributed by atoms with E-state index in [1.54, 1.807) is 18.2 Å². The molecule has 0 unspecified atom stereocenters. The van der Waals surface area contributed by atoms with Crippen molar-refractivity contribution in [1.29, 1.82) is 5.26 Å². The summed E-state index contributed by atoms with van der Waals surface area (Å²) in [5.41, 5.74) is 1.25. The van der Waals surface area contributed by atoms with Crippen molar-refractivity contribution >= 4 is 11.0 Å². The van der Waals surface area contributed by atoms with Gasteiger partial charge in [0, 0.05) is 11.8 Å². The van der Waals surface area contributed by atoms with Crippen LogP contribution in [0.4, 0.5) is 0 Å². The Labute approximate surface area is 125 Å². The summed E-state index contributed by atoms with van der Waals surface area (Å²) in [7, 11) is 0. The molecule has 2 aromatic heterocycles. The fraction of sp³-hybridized carbons (Fsp3) is 0.200. The topological polar surface area (TPSA) is 107 Å². The van der Waals surface area contributed by atoms with E-state index in [0.29, 0.717) is 33.7 Å². The number of aromatic amines is 2. The summed E-state index contributed by atoms with van der Waals surface area (Å²) in [5.74, 6) is 0.952. The van der Waals surface area contributed by atoms with Crippen LogP contribution in [-0.4, -0.2) is 26.3 Å². The molecule has 7 heteroatoms. The molecule has 2 heterocycles. The lowest BCUT2D eigenvalue weighted by Crippen LogP contribution is -2.06. The van der Waals surface area contributed by atoms with Gasteiger partial charge in [-0.2, -0.15) is 5.26 Å². The van der Waals surface area contributed by atoms with Gasteiger partial charge in [0.05, 0.1) is 11.7 Å². The van der Waals surface area contributed by atoms with E-state index in [1.807, 2.05) is 13.8 Å². The zero-order valence-corrected chi connectivity index (χ0v) is 12.0. The van der Waals surface area contributed by atoms with E-state index >= 15 is 0 Å². The molecular formula is C15H13N5O2. The third-order valence-corrected chi connectivity index (χ3v) is 3.05. The maximum Gasteiger partial charge on any atom is 0.275 e. The van der Waals surface area contributed by atoms with Crippen LogP contribution < -0.4 is 10.3 Å². The standard InChI is InChI=1S/C15H13N5O2/c1-8(2)22-12-4-3-9(5-10(12)6-16)13-17-7-11-14(18-13)19-20-15(11)21/h3-5,7-8H,1-2H3,(H2,17,18,19,20,21). The molecule has 3 rings (SSSR count). The third-order valence-electron chi connectivity index (χ3n) is 3.05. The van der Waals surface area contributed by atoms with Gasteiger partial charge in [0.2, 0.25) is 0 Å². The summed E-state index contributed by atoms with van der Waals surface area (Å²) >= 11 is 0. The van der Waals surface area contributed by atoms with Gasteiger partial charge in [0.15, 0.2) is 11.5 Å². The van der Waals surface area contributed by atoms with Gasteiger partial charge in [-0.1, -0.05) is 0 Å².